The van der Waals surface area contributed by atoms with Crippen LogP contribution in [0.5, 0.6) is 5.75 Å². The van der Waals surface area contributed by atoms with Crippen molar-refractivity contribution in [3.8, 4) is 5.75 Å². The molecule has 1 saturated carbocycles. The van der Waals surface area contributed by atoms with Gasteiger partial charge in [-0.2, -0.15) is 0 Å². The van der Waals surface area contributed by atoms with Crippen molar-refractivity contribution in [2.75, 3.05) is 38.0 Å². The van der Waals surface area contributed by atoms with Crippen LogP contribution < -0.4 is 15.0 Å². The number of carbonyl (C=O) groups is 2. The first-order valence-electron chi connectivity index (χ1n) is 11.6. The van der Waals surface area contributed by atoms with Gasteiger partial charge in [-0.25, -0.2) is 0 Å². The summed E-state index contributed by atoms with van der Waals surface area (Å²) in [4.78, 5) is 30.2. The monoisotopic (exact) mass is 491 g/mol. The molecule has 0 aliphatic heterocycles. The molecule has 0 radical (unpaired) electrons. The van der Waals surface area contributed by atoms with E-state index in [-0.39, 0.29) is 11.8 Å². The molecule has 182 valence electrons. The molecule has 35 heavy (non-hydrogen) atoms. The third-order valence-corrected chi connectivity index (χ3v) is 6.43. The Kier molecular flexibility index (Phi) is 7.61. The molecule has 0 atom stereocenters. The molecule has 3 aromatic carbocycles. The summed E-state index contributed by atoms with van der Waals surface area (Å²) in [5.41, 5.74) is 3.64. The number of hydrogen-bond donors (Lipinski definition) is 1. The van der Waals surface area contributed by atoms with E-state index >= 15 is 0 Å². The van der Waals surface area contributed by atoms with Crippen LogP contribution in [0.2, 0.25) is 5.02 Å². The number of nitrogens with zero attached hydrogens (tertiary/aromatic N) is 2. The minimum absolute atomic E-state index is 0.0187. The van der Waals surface area contributed by atoms with Crippen molar-refractivity contribution in [1.29, 1.82) is 0 Å². The van der Waals surface area contributed by atoms with Crippen LogP contribution in [0, 0.1) is 5.92 Å². The molecule has 1 aliphatic carbocycles. The highest BCUT2D eigenvalue weighted by molar-refractivity contribution is 6.34. The summed E-state index contributed by atoms with van der Waals surface area (Å²) in [6.07, 6.45) is 2.28. The Hall–Kier alpha value is -3.51. The van der Waals surface area contributed by atoms with Gasteiger partial charge in [-0.05, 0) is 78.9 Å². The Morgan fingerprint density at radius 1 is 1.03 bits per heavy atom. The van der Waals surface area contributed by atoms with Gasteiger partial charge in [-0.3, -0.25) is 9.59 Å². The predicted molar refractivity (Wildman–Crippen MR) is 141 cm³/mol. The summed E-state index contributed by atoms with van der Waals surface area (Å²) in [6, 6.07) is 19.9. The van der Waals surface area contributed by atoms with Crippen LogP contribution >= 0.6 is 11.6 Å². The van der Waals surface area contributed by atoms with Gasteiger partial charge in [-0.1, -0.05) is 23.7 Å². The zero-order chi connectivity index (χ0) is 24.9. The molecule has 3 aromatic rings. The highest BCUT2D eigenvalue weighted by Crippen LogP contribution is 2.32. The second kappa shape index (κ2) is 10.8. The summed E-state index contributed by atoms with van der Waals surface area (Å²) >= 11 is 6.20. The molecule has 0 spiro atoms. The number of hydrogen-bond acceptors (Lipinski definition) is 4. The maximum absolute atomic E-state index is 13.5. The number of amides is 2. The molecule has 1 aliphatic rings. The summed E-state index contributed by atoms with van der Waals surface area (Å²) in [6.45, 7) is 1.14. The largest absolute Gasteiger partial charge is 0.497 e. The van der Waals surface area contributed by atoms with E-state index in [1.54, 1.807) is 55.6 Å². The van der Waals surface area contributed by atoms with Crippen LogP contribution in [-0.4, -0.2) is 44.5 Å². The van der Waals surface area contributed by atoms with Crippen LogP contribution in [0.3, 0.4) is 0 Å². The highest BCUT2D eigenvalue weighted by atomic mass is 35.5. The number of halogens is 1. The van der Waals surface area contributed by atoms with Crippen LogP contribution in [0.15, 0.2) is 66.7 Å². The molecule has 0 bridgehead atoms. The van der Waals surface area contributed by atoms with Gasteiger partial charge in [0.15, 0.2) is 0 Å². The molecule has 0 saturated heterocycles. The summed E-state index contributed by atoms with van der Waals surface area (Å²) in [7, 11) is 5.55. The minimum Gasteiger partial charge on any atom is -0.497 e. The zero-order valence-corrected chi connectivity index (χ0v) is 21.0. The van der Waals surface area contributed by atoms with Gasteiger partial charge >= 0.3 is 0 Å². The topological polar surface area (TPSA) is 61.9 Å². The molecule has 2 amide bonds. The average molecular weight is 492 g/mol. The lowest BCUT2D eigenvalue weighted by molar-refractivity contribution is 0.0735. The lowest BCUT2D eigenvalue weighted by Gasteiger charge is -2.26. The molecule has 1 fully saturated rings. The van der Waals surface area contributed by atoms with E-state index in [0.29, 0.717) is 46.6 Å². The molecule has 7 heteroatoms. The van der Waals surface area contributed by atoms with Crippen molar-refractivity contribution in [3.05, 3.63) is 88.4 Å². The van der Waals surface area contributed by atoms with Crippen molar-refractivity contribution in [2.24, 2.45) is 5.92 Å². The normalized spacial score (nSPS) is 12.7. The number of anilines is 2. The molecule has 1 N–H and O–H groups in total. The third-order valence-electron chi connectivity index (χ3n) is 6.10. The van der Waals surface area contributed by atoms with Crippen molar-refractivity contribution in [2.45, 2.75) is 19.4 Å². The Morgan fingerprint density at radius 2 is 1.74 bits per heavy atom. The summed E-state index contributed by atoms with van der Waals surface area (Å²) in [5, 5.41) is 3.35. The minimum atomic E-state index is -0.275. The highest BCUT2D eigenvalue weighted by Gasteiger charge is 2.28. The Morgan fingerprint density at radius 3 is 2.37 bits per heavy atom. The second-order valence-corrected chi connectivity index (χ2v) is 9.44. The van der Waals surface area contributed by atoms with E-state index in [0.717, 1.165) is 24.1 Å². The fourth-order valence-electron chi connectivity index (χ4n) is 4.02. The second-order valence-electron chi connectivity index (χ2n) is 9.03. The van der Waals surface area contributed by atoms with Gasteiger partial charge in [0.1, 0.15) is 5.75 Å². The quantitative estimate of drug-likeness (QED) is 0.416. The number of methoxy groups -OCH3 is 1. The Bertz CT molecular complexity index is 1210. The maximum atomic E-state index is 13.5. The lowest BCUT2D eigenvalue weighted by atomic mass is 10.1. The van der Waals surface area contributed by atoms with Crippen molar-refractivity contribution < 1.29 is 14.3 Å². The van der Waals surface area contributed by atoms with Gasteiger partial charge in [0.2, 0.25) is 0 Å². The fourth-order valence-corrected chi connectivity index (χ4v) is 4.24. The predicted octanol–water partition coefficient (Wildman–Crippen LogP) is 5.72. The standard InChI is InChI=1S/C28H30ClN3O3/c1-31(2)26-15-12-22(30-27(33)24-6-4-5-7-25(24)29)16-21(26)18-32(17-19-8-9-19)28(34)20-10-13-23(35-3)14-11-20/h4-7,10-16,19H,8-9,17-18H2,1-3H3,(H,30,33). The number of carbonyl (C=O) groups excluding carboxylic acids is 2. The molecular formula is C28H30ClN3O3. The van der Waals surface area contributed by atoms with Crippen LogP contribution in [0.25, 0.3) is 0 Å². The average Bonchev–Trinajstić information content (AvgIpc) is 3.67. The van der Waals surface area contributed by atoms with Gasteiger partial charge in [-0.15, -0.1) is 0 Å². The molecule has 0 unspecified atom stereocenters. The van der Waals surface area contributed by atoms with Gasteiger partial charge < -0.3 is 19.9 Å². The first-order chi connectivity index (χ1) is 16.9. The number of rotatable bonds is 9. The SMILES string of the molecule is COc1ccc(C(=O)N(Cc2cc(NC(=O)c3ccccc3Cl)ccc2N(C)C)CC2CC2)cc1. The number of nitrogens with one attached hydrogen (secondary N) is 1. The van der Waals surface area contributed by atoms with E-state index in [1.807, 2.05) is 42.1 Å². The van der Waals surface area contributed by atoms with Crippen LogP contribution in [0.1, 0.15) is 39.1 Å². The Labute approximate surface area is 211 Å². The fraction of sp³-hybridized carbons (Fsp3) is 0.286. The molecule has 4 rings (SSSR count). The van der Waals surface area contributed by atoms with Crippen molar-refractivity contribution in [3.63, 3.8) is 0 Å². The molecular weight excluding hydrogens is 462 g/mol. The first kappa shape index (κ1) is 24.6. The third kappa shape index (κ3) is 6.14. The molecule has 0 heterocycles. The van der Waals surface area contributed by atoms with Gasteiger partial charge in [0.25, 0.3) is 11.8 Å². The lowest BCUT2D eigenvalue weighted by Crippen LogP contribution is -2.33. The Balaban J connectivity index is 1.60. The first-order valence-corrected chi connectivity index (χ1v) is 12.0. The van der Waals surface area contributed by atoms with E-state index in [1.165, 1.54) is 0 Å². The smallest absolute Gasteiger partial charge is 0.257 e. The van der Waals surface area contributed by atoms with Gasteiger partial charge in [0.05, 0.1) is 17.7 Å². The van der Waals surface area contributed by atoms with E-state index in [4.69, 9.17) is 16.3 Å². The summed E-state index contributed by atoms with van der Waals surface area (Å²) < 4.78 is 5.23. The zero-order valence-electron chi connectivity index (χ0n) is 20.3. The number of ether oxygens (including phenoxy) is 1. The maximum Gasteiger partial charge on any atom is 0.257 e. The van der Waals surface area contributed by atoms with Crippen LogP contribution in [-0.2, 0) is 6.54 Å². The van der Waals surface area contributed by atoms with Crippen molar-refractivity contribution in [1.82, 2.24) is 4.90 Å². The molecule has 6 nitrogen and oxygen atoms in total. The van der Waals surface area contributed by atoms with Crippen molar-refractivity contribution >= 4 is 34.8 Å². The van der Waals surface area contributed by atoms with E-state index in [2.05, 4.69) is 5.32 Å². The van der Waals surface area contributed by atoms with E-state index < -0.39 is 0 Å². The van der Waals surface area contributed by atoms with Gasteiger partial charge in [0, 0.05) is 44.1 Å². The van der Waals surface area contributed by atoms with Crippen LogP contribution in [0.4, 0.5) is 11.4 Å². The molecule has 0 aromatic heterocycles. The summed E-state index contributed by atoms with van der Waals surface area (Å²) in [5.74, 6) is 0.952. The van der Waals surface area contributed by atoms with E-state index in [9.17, 15) is 9.59 Å². The number of benzene rings is 3.